The molecule has 16 heavy (non-hydrogen) atoms. The van der Waals surface area contributed by atoms with Crippen molar-refractivity contribution in [3.05, 3.63) is 29.8 Å². The van der Waals surface area contributed by atoms with Crippen molar-refractivity contribution in [3.63, 3.8) is 0 Å². The Kier molecular flexibility index (Phi) is 3.55. The second kappa shape index (κ2) is 4.53. The summed E-state index contributed by atoms with van der Waals surface area (Å²) in [4.78, 5) is 11.6. The first-order chi connectivity index (χ1) is 7.31. The van der Waals surface area contributed by atoms with E-state index in [2.05, 4.69) is 0 Å². The molecule has 4 heteroatoms. The predicted octanol–water partition coefficient (Wildman–Crippen LogP) is 1.64. The summed E-state index contributed by atoms with van der Waals surface area (Å²) in [6.45, 7) is 5.23. The van der Waals surface area contributed by atoms with Crippen LogP contribution in [0.2, 0.25) is 0 Å². The molecule has 4 nitrogen and oxygen atoms in total. The van der Waals surface area contributed by atoms with Gasteiger partial charge in [0.25, 0.3) is 0 Å². The Morgan fingerprint density at radius 2 is 1.94 bits per heavy atom. The van der Waals surface area contributed by atoms with Gasteiger partial charge in [-0.05, 0) is 26.8 Å². The summed E-state index contributed by atoms with van der Waals surface area (Å²) in [6, 6.07) is 6.67. The van der Waals surface area contributed by atoms with E-state index in [-0.39, 0.29) is 0 Å². The molecule has 0 saturated carbocycles. The number of rotatable bonds is 2. The van der Waals surface area contributed by atoms with Crippen LogP contribution in [0.15, 0.2) is 24.3 Å². The fourth-order valence-electron chi connectivity index (χ4n) is 1.24. The molecule has 0 heterocycles. The lowest BCUT2D eigenvalue weighted by Crippen LogP contribution is -2.28. The number of carbonyl (C=O) groups excluding carboxylic acids is 1. The maximum atomic E-state index is 11.6. The molecule has 1 rings (SSSR count). The molecule has 0 bridgehead atoms. The number of nitrogen functional groups attached to an aromatic ring is 1. The molecular weight excluding hydrogens is 206 g/mol. The molecule has 3 N–H and O–H groups in total. The third-order valence-electron chi connectivity index (χ3n) is 1.92. The molecule has 0 amide bonds. The largest absolute Gasteiger partial charge is 0.458 e. The number of carbonyl (C=O) groups is 1. The summed E-state index contributed by atoms with van der Waals surface area (Å²) in [7, 11) is 0. The third-order valence-corrected chi connectivity index (χ3v) is 1.92. The maximum Gasteiger partial charge on any atom is 0.340 e. The molecule has 0 saturated heterocycles. The van der Waals surface area contributed by atoms with E-state index in [1.54, 1.807) is 45.0 Å². The Bertz CT molecular complexity index is 382. The van der Waals surface area contributed by atoms with E-state index in [0.29, 0.717) is 11.3 Å². The van der Waals surface area contributed by atoms with Gasteiger partial charge in [0.2, 0.25) is 0 Å². The number of aliphatic hydroxyl groups excluding tert-OH is 1. The zero-order valence-electron chi connectivity index (χ0n) is 9.73. The Morgan fingerprint density at radius 3 is 2.44 bits per heavy atom. The number of para-hydroxylation sites is 1. The van der Waals surface area contributed by atoms with Crippen LogP contribution in [-0.2, 0) is 9.53 Å². The van der Waals surface area contributed by atoms with Gasteiger partial charge in [0.05, 0.1) is 0 Å². The number of esters is 1. The Labute approximate surface area is 95.0 Å². The number of hydrogen-bond acceptors (Lipinski definition) is 4. The standard InChI is InChI=1S/C12H17NO3/c1-12(2,3)16-11(15)10(14)8-6-4-5-7-9(8)13/h4-7,10,14H,13H2,1-3H3/t10-/m1/s1. The smallest absolute Gasteiger partial charge is 0.340 e. The van der Waals surface area contributed by atoms with Crippen molar-refractivity contribution in [2.75, 3.05) is 5.73 Å². The zero-order valence-corrected chi connectivity index (χ0v) is 9.73. The number of nitrogens with two attached hydrogens (primary N) is 1. The fourth-order valence-corrected chi connectivity index (χ4v) is 1.24. The minimum absolute atomic E-state index is 0.372. The molecule has 0 unspecified atom stereocenters. The number of hydrogen-bond donors (Lipinski definition) is 2. The minimum Gasteiger partial charge on any atom is -0.458 e. The topological polar surface area (TPSA) is 72.5 Å². The monoisotopic (exact) mass is 223 g/mol. The number of benzene rings is 1. The van der Waals surface area contributed by atoms with E-state index < -0.39 is 17.7 Å². The second-order valence-electron chi connectivity index (χ2n) is 4.56. The SMILES string of the molecule is CC(C)(C)OC(=O)[C@H](O)c1ccccc1N. The van der Waals surface area contributed by atoms with Gasteiger partial charge in [-0.1, -0.05) is 18.2 Å². The highest BCUT2D eigenvalue weighted by Gasteiger charge is 2.25. The summed E-state index contributed by atoms with van der Waals surface area (Å²) in [5, 5.41) is 9.78. The van der Waals surface area contributed by atoms with Crippen LogP contribution in [0.3, 0.4) is 0 Å². The lowest BCUT2D eigenvalue weighted by Gasteiger charge is -2.22. The number of ether oxygens (including phenoxy) is 1. The van der Waals surface area contributed by atoms with E-state index in [0.717, 1.165) is 0 Å². The van der Waals surface area contributed by atoms with E-state index >= 15 is 0 Å². The van der Waals surface area contributed by atoms with E-state index in [4.69, 9.17) is 10.5 Å². The predicted molar refractivity (Wildman–Crippen MR) is 61.7 cm³/mol. The summed E-state index contributed by atoms with van der Waals surface area (Å²) in [5.74, 6) is -0.689. The van der Waals surface area contributed by atoms with Gasteiger partial charge in [-0.25, -0.2) is 4.79 Å². The zero-order chi connectivity index (χ0) is 12.3. The number of anilines is 1. The van der Waals surface area contributed by atoms with Crippen molar-refractivity contribution >= 4 is 11.7 Å². The van der Waals surface area contributed by atoms with Crippen LogP contribution in [0.5, 0.6) is 0 Å². The van der Waals surface area contributed by atoms with Crippen molar-refractivity contribution in [1.82, 2.24) is 0 Å². The molecule has 0 spiro atoms. The molecule has 0 fully saturated rings. The molecule has 1 aromatic carbocycles. The first-order valence-electron chi connectivity index (χ1n) is 5.06. The van der Waals surface area contributed by atoms with Crippen LogP contribution in [-0.4, -0.2) is 16.7 Å². The molecule has 0 aliphatic heterocycles. The molecule has 0 aromatic heterocycles. The van der Waals surface area contributed by atoms with Crippen LogP contribution in [0.1, 0.15) is 32.4 Å². The van der Waals surface area contributed by atoms with Crippen molar-refractivity contribution in [2.45, 2.75) is 32.5 Å². The Hall–Kier alpha value is -1.55. The number of aliphatic hydroxyl groups is 1. The van der Waals surface area contributed by atoms with Gasteiger partial charge < -0.3 is 15.6 Å². The first-order valence-corrected chi connectivity index (χ1v) is 5.06. The van der Waals surface area contributed by atoms with Crippen molar-refractivity contribution in [3.8, 4) is 0 Å². The molecule has 0 aliphatic rings. The van der Waals surface area contributed by atoms with Gasteiger partial charge >= 0.3 is 5.97 Å². The Morgan fingerprint density at radius 1 is 1.38 bits per heavy atom. The quantitative estimate of drug-likeness (QED) is 0.590. The van der Waals surface area contributed by atoms with Gasteiger partial charge in [0.1, 0.15) is 5.60 Å². The van der Waals surface area contributed by atoms with Crippen LogP contribution in [0.4, 0.5) is 5.69 Å². The van der Waals surface area contributed by atoms with E-state index in [9.17, 15) is 9.90 Å². The van der Waals surface area contributed by atoms with Crippen LogP contribution in [0.25, 0.3) is 0 Å². The van der Waals surface area contributed by atoms with E-state index in [1.165, 1.54) is 0 Å². The summed E-state index contributed by atoms with van der Waals surface area (Å²) >= 11 is 0. The van der Waals surface area contributed by atoms with Gasteiger partial charge in [0, 0.05) is 11.3 Å². The van der Waals surface area contributed by atoms with Gasteiger partial charge in [-0.3, -0.25) is 0 Å². The van der Waals surface area contributed by atoms with Crippen molar-refractivity contribution in [2.24, 2.45) is 0 Å². The molecule has 1 aromatic rings. The van der Waals surface area contributed by atoms with Gasteiger partial charge in [-0.2, -0.15) is 0 Å². The lowest BCUT2D eigenvalue weighted by atomic mass is 10.1. The van der Waals surface area contributed by atoms with E-state index in [1.807, 2.05) is 0 Å². The third kappa shape index (κ3) is 3.24. The van der Waals surface area contributed by atoms with Crippen LogP contribution >= 0.6 is 0 Å². The molecule has 0 radical (unpaired) electrons. The highest BCUT2D eigenvalue weighted by atomic mass is 16.6. The normalized spacial score (nSPS) is 13.2. The highest BCUT2D eigenvalue weighted by molar-refractivity contribution is 5.78. The van der Waals surface area contributed by atoms with Gasteiger partial charge in [-0.15, -0.1) is 0 Å². The summed E-state index contributed by atoms with van der Waals surface area (Å²) in [5.41, 5.74) is 5.78. The average Bonchev–Trinajstić information content (AvgIpc) is 2.15. The minimum atomic E-state index is -1.33. The fraction of sp³-hybridized carbons (Fsp3) is 0.417. The first kappa shape index (κ1) is 12.5. The van der Waals surface area contributed by atoms with Gasteiger partial charge in [0.15, 0.2) is 6.10 Å². The molecular formula is C12H17NO3. The molecule has 1 atom stereocenters. The second-order valence-corrected chi connectivity index (χ2v) is 4.56. The highest BCUT2D eigenvalue weighted by Crippen LogP contribution is 2.22. The van der Waals surface area contributed by atoms with Crippen LogP contribution in [0, 0.1) is 0 Å². The summed E-state index contributed by atoms with van der Waals surface area (Å²) in [6.07, 6.45) is -1.33. The van der Waals surface area contributed by atoms with Crippen molar-refractivity contribution < 1.29 is 14.6 Å². The average molecular weight is 223 g/mol. The van der Waals surface area contributed by atoms with Crippen LogP contribution < -0.4 is 5.73 Å². The maximum absolute atomic E-state index is 11.6. The Balaban J connectivity index is 2.83. The lowest BCUT2D eigenvalue weighted by molar-refractivity contribution is -0.165. The summed E-state index contributed by atoms with van der Waals surface area (Å²) < 4.78 is 5.06. The molecule has 0 aliphatic carbocycles. The van der Waals surface area contributed by atoms with Crippen molar-refractivity contribution in [1.29, 1.82) is 0 Å². The molecule has 88 valence electrons.